The number of carbonyl (C=O) groups excluding carboxylic acids is 1. The van der Waals surface area contributed by atoms with Gasteiger partial charge in [0.25, 0.3) is 11.6 Å². The highest BCUT2D eigenvalue weighted by Gasteiger charge is 2.19. The van der Waals surface area contributed by atoms with Crippen LogP contribution < -0.4 is 5.32 Å². The number of rotatable bonds is 5. The lowest BCUT2D eigenvalue weighted by Crippen LogP contribution is -2.33. The summed E-state index contributed by atoms with van der Waals surface area (Å²) in [5.41, 5.74) is 0.591. The van der Waals surface area contributed by atoms with Gasteiger partial charge in [0.05, 0.1) is 4.92 Å². The first-order chi connectivity index (χ1) is 8.86. The van der Waals surface area contributed by atoms with Gasteiger partial charge in [-0.3, -0.25) is 14.9 Å². The van der Waals surface area contributed by atoms with Gasteiger partial charge >= 0.3 is 0 Å². The molecule has 0 fully saturated rings. The standard InChI is InChI=1S/C12H15BrN2O4/c1-7(3-4-16)14-12(17)9-5-10(13)8(2)11(6-9)15(18)19/h5-7,16H,3-4H2,1-2H3,(H,14,17). The van der Waals surface area contributed by atoms with E-state index in [1.165, 1.54) is 6.07 Å². The van der Waals surface area contributed by atoms with E-state index < -0.39 is 10.8 Å². The molecule has 2 N–H and O–H groups in total. The van der Waals surface area contributed by atoms with Crippen molar-refractivity contribution >= 4 is 27.5 Å². The molecular weight excluding hydrogens is 316 g/mol. The number of halogens is 1. The van der Waals surface area contributed by atoms with Gasteiger partial charge < -0.3 is 10.4 Å². The van der Waals surface area contributed by atoms with E-state index >= 15 is 0 Å². The van der Waals surface area contributed by atoms with Gasteiger partial charge in [0.15, 0.2) is 0 Å². The summed E-state index contributed by atoms with van der Waals surface area (Å²) >= 11 is 3.21. The number of nitro groups is 1. The Kier molecular flexibility index (Phi) is 5.44. The van der Waals surface area contributed by atoms with Gasteiger partial charge in [0, 0.05) is 34.3 Å². The molecule has 6 nitrogen and oxygen atoms in total. The van der Waals surface area contributed by atoms with Gasteiger partial charge in [0.2, 0.25) is 0 Å². The second-order valence-corrected chi connectivity index (χ2v) is 5.10. The molecule has 0 spiro atoms. The Balaban J connectivity index is 3.01. The molecule has 1 aromatic carbocycles. The van der Waals surface area contributed by atoms with E-state index in [4.69, 9.17) is 5.11 Å². The number of aliphatic hydroxyl groups is 1. The molecule has 19 heavy (non-hydrogen) atoms. The normalized spacial score (nSPS) is 12.0. The van der Waals surface area contributed by atoms with Crippen LogP contribution in [0.5, 0.6) is 0 Å². The minimum absolute atomic E-state index is 0.0286. The summed E-state index contributed by atoms with van der Waals surface area (Å²) in [5, 5.41) is 22.3. The Bertz CT molecular complexity index is 505. The minimum atomic E-state index is -0.520. The molecule has 1 aromatic rings. The van der Waals surface area contributed by atoms with Crippen LogP contribution in [0, 0.1) is 17.0 Å². The maximum Gasteiger partial charge on any atom is 0.274 e. The van der Waals surface area contributed by atoms with E-state index in [1.807, 2.05) is 0 Å². The number of nitrogens with one attached hydrogen (secondary N) is 1. The minimum Gasteiger partial charge on any atom is -0.396 e. The number of amides is 1. The molecule has 0 saturated heterocycles. The molecule has 0 radical (unpaired) electrons. The number of nitro benzene ring substituents is 1. The maximum absolute atomic E-state index is 11.9. The Hall–Kier alpha value is -1.47. The van der Waals surface area contributed by atoms with Gasteiger partial charge in [0.1, 0.15) is 0 Å². The van der Waals surface area contributed by atoms with E-state index in [-0.39, 0.29) is 23.9 Å². The second-order valence-electron chi connectivity index (χ2n) is 4.25. The third-order valence-electron chi connectivity index (χ3n) is 2.72. The summed E-state index contributed by atoms with van der Waals surface area (Å²) in [6.45, 7) is 3.34. The summed E-state index contributed by atoms with van der Waals surface area (Å²) in [4.78, 5) is 22.3. The van der Waals surface area contributed by atoms with Crippen LogP contribution in [0.15, 0.2) is 16.6 Å². The number of carbonyl (C=O) groups is 1. The number of benzene rings is 1. The summed E-state index contributed by atoms with van der Waals surface area (Å²) in [6.07, 6.45) is 0.431. The number of aliphatic hydroxyl groups excluding tert-OH is 1. The zero-order valence-electron chi connectivity index (χ0n) is 10.6. The third-order valence-corrected chi connectivity index (χ3v) is 3.54. The quantitative estimate of drug-likeness (QED) is 0.639. The number of hydrogen-bond donors (Lipinski definition) is 2. The van der Waals surface area contributed by atoms with Gasteiger partial charge in [-0.25, -0.2) is 0 Å². The number of nitrogens with zero attached hydrogens (tertiary/aromatic N) is 1. The molecule has 1 amide bonds. The van der Waals surface area contributed by atoms with Crippen LogP contribution in [0.1, 0.15) is 29.3 Å². The fraction of sp³-hybridized carbons (Fsp3) is 0.417. The van der Waals surface area contributed by atoms with Crippen molar-refractivity contribution in [3.63, 3.8) is 0 Å². The van der Waals surface area contributed by atoms with Crippen molar-refractivity contribution in [3.8, 4) is 0 Å². The highest BCUT2D eigenvalue weighted by molar-refractivity contribution is 9.10. The molecule has 0 heterocycles. The van der Waals surface area contributed by atoms with Crippen LogP contribution in [0.2, 0.25) is 0 Å². The van der Waals surface area contributed by atoms with Crippen LogP contribution in [0.25, 0.3) is 0 Å². The molecule has 0 aromatic heterocycles. The topological polar surface area (TPSA) is 92.5 Å². The van der Waals surface area contributed by atoms with E-state index in [0.717, 1.165) is 0 Å². The molecular formula is C12H15BrN2O4. The Morgan fingerprint density at radius 2 is 2.21 bits per heavy atom. The fourth-order valence-electron chi connectivity index (χ4n) is 1.56. The molecule has 1 unspecified atom stereocenters. The van der Waals surface area contributed by atoms with Crippen LogP contribution in [-0.2, 0) is 0 Å². The summed E-state index contributed by atoms with van der Waals surface area (Å²) in [6, 6.07) is 2.60. The SMILES string of the molecule is Cc1c(Br)cc(C(=O)NC(C)CCO)cc1[N+](=O)[O-]. The molecule has 104 valence electrons. The van der Waals surface area contributed by atoms with Crippen molar-refractivity contribution in [3.05, 3.63) is 37.8 Å². The van der Waals surface area contributed by atoms with Gasteiger partial charge in [-0.15, -0.1) is 0 Å². The molecule has 0 aliphatic carbocycles. The first kappa shape index (κ1) is 15.6. The average Bonchev–Trinajstić information content (AvgIpc) is 2.32. The first-order valence-electron chi connectivity index (χ1n) is 5.73. The van der Waals surface area contributed by atoms with Crippen LogP contribution in [0.4, 0.5) is 5.69 Å². The predicted octanol–water partition coefficient (Wildman–Crippen LogP) is 2.17. The molecule has 0 bridgehead atoms. The van der Waals surface area contributed by atoms with Crippen molar-refractivity contribution in [1.29, 1.82) is 0 Å². The maximum atomic E-state index is 11.9. The zero-order chi connectivity index (χ0) is 14.6. The summed E-state index contributed by atoms with van der Waals surface area (Å²) in [7, 11) is 0. The summed E-state index contributed by atoms with van der Waals surface area (Å²) in [5.74, 6) is -0.398. The highest BCUT2D eigenvalue weighted by Crippen LogP contribution is 2.27. The third kappa shape index (κ3) is 4.00. The smallest absolute Gasteiger partial charge is 0.274 e. The lowest BCUT2D eigenvalue weighted by Gasteiger charge is -2.13. The monoisotopic (exact) mass is 330 g/mol. The predicted molar refractivity (Wildman–Crippen MR) is 74.2 cm³/mol. The number of hydrogen-bond acceptors (Lipinski definition) is 4. The molecule has 0 aliphatic heterocycles. The van der Waals surface area contributed by atoms with E-state index in [9.17, 15) is 14.9 Å². The molecule has 0 aliphatic rings. The lowest BCUT2D eigenvalue weighted by molar-refractivity contribution is -0.385. The van der Waals surface area contributed by atoms with E-state index in [1.54, 1.807) is 19.9 Å². The van der Waals surface area contributed by atoms with Crippen molar-refractivity contribution in [2.45, 2.75) is 26.3 Å². The zero-order valence-corrected chi connectivity index (χ0v) is 12.2. The largest absolute Gasteiger partial charge is 0.396 e. The Morgan fingerprint density at radius 1 is 1.58 bits per heavy atom. The van der Waals surface area contributed by atoms with Crippen molar-refractivity contribution < 1.29 is 14.8 Å². The first-order valence-corrected chi connectivity index (χ1v) is 6.52. The van der Waals surface area contributed by atoms with E-state index in [2.05, 4.69) is 21.2 Å². The van der Waals surface area contributed by atoms with Crippen molar-refractivity contribution in [1.82, 2.24) is 5.32 Å². The Labute approximate surface area is 119 Å². The van der Waals surface area contributed by atoms with Crippen molar-refractivity contribution in [2.75, 3.05) is 6.61 Å². The van der Waals surface area contributed by atoms with Crippen molar-refractivity contribution in [2.24, 2.45) is 0 Å². The van der Waals surface area contributed by atoms with E-state index in [0.29, 0.717) is 16.5 Å². The lowest BCUT2D eigenvalue weighted by atomic mass is 10.1. The molecule has 0 saturated carbocycles. The summed E-state index contributed by atoms with van der Waals surface area (Å²) < 4.78 is 0.515. The Morgan fingerprint density at radius 3 is 2.74 bits per heavy atom. The second kappa shape index (κ2) is 6.63. The van der Waals surface area contributed by atoms with Crippen LogP contribution >= 0.6 is 15.9 Å². The van der Waals surface area contributed by atoms with Gasteiger partial charge in [-0.2, -0.15) is 0 Å². The molecule has 7 heteroatoms. The highest BCUT2D eigenvalue weighted by atomic mass is 79.9. The van der Waals surface area contributed by atoms with Gasteiger partial charge in [-0.1, -0.05) is 15.9 Å². The van der Waals surface area contributed by atoms with Crippen LogP contribution in [0.3, 0.4) is 0 Å². The van der Waals surface area contributed by atoms with Crippen LogP contribution in [-0.4, -0.2) is 28.6 Å². The molecule has 1 rings (SSSR count). The van der Waals surface area contributed by atoms with Gasteiger partial charge in [-0.05, 0) is 26.3 Å². The average molecular weight is 331 g/mol. The molecule has 1 atom stereocenters. The fourth-order valence-corrected chi connectivity index (χ4v) is 2.01.